The molecule has 0 aliphatic heterocycles. The van der Waals surface area contributed by atoms with Gasteiger partial charge in [-0.25, -0.2) is 4.39 Å². The van der Waals surface area contributed by atoms with Crippen LogP contribution in [0.4, 0.5) is 4.39 Å². The van der Waals surface area contributed by atoms with E-state index in [1.165, 1.54) is 12.1 Å². The third-order valence-corrected chi connectivity index (χ3v) is 3.64. The molecule has 3 N–H and O–H groups in total. The highest BCUT2D eigenvalue weighted by atomic mass is 19.1. The van der Waals surface area contributed by atoms with E-state index in [1.54, 1.807) is 12.1 Å². The van der Waals surface area contributed by atoms with Crippen molar-refractivity contribution in [3.8, 4) is 5.75 Å². The van der Waals surface area contributed by atoms with Crippen LogP contribution in [0, 0.1) is 5.82 Å². The summed E-state index contributed by atoms with van der Waals surface area (Å²) in [5.41, 5.74) is 0.529. The van der Waals surface area contributed by atoms with Crippen LogP contribution in [0.25, 0.3) is 0 Å². The van der Waals surface area contributed by atoms with Crippen LogP contribution in [0.15, 0.2) is 48.5 Å². The molecule has 0 aliphatic carbocycles. The summed E-state index contributed by atoms with van der Waals surface area (Å²) in [5.74, 6) is -1.66. The second kappa shape index (κ2) is 7.74. The van der Waals surface area contributed by atoms with Gasteiger partial charge in [0, 0.05) is 6.07 Å². The van der Waals surface area contributed by atoms with Gasteiger partial charge < -0.3 is 15.5 Å². The Morgan fingerprint density at radius 3 is 2.52 bits per heavy atom. The van der Waals surface area contributed by atoms with E-state index >= 15 is 0 Å². The number of phenols is 1. The number of nitrogens with one attached hydrogen (secondary N) is 1. The normalized spacial score (nSPS) is 13.3. The van der Waals surface area contributed by atoms with Crippen molar-refractivity contribution in [1.82, 2.24) is 5.32 Å². The summed E-state index contributed by atoms with van der Waals surface area (Å²) < 4.78 is 13.8. The molecule has 0 unspecified atom stereocenters. The molecule has 0 radical (unpaired) electrons. The second-order valence-electron chi connectivity index (χ2n) is 5.39. The zero-order chi connectivity index (χ0) is 16.8. The minimum Gasteiger partial charge on any atom is -0.508 e. The molecule has 0 bridgehead atoms. The maximum atomic E-state index is 13.8. The fraction of sp³-hybridized carbons (Fsp3) is 0.278. The Morgan fingerprint density at radius 2 is 1.91 bits per heavy atom. The summed E-state index contributed by atoms with van der Waals surface area (Å²) >= 11 is 0. The summed E-state index contributed by atoms with van der Waals surface area (Å²) in [7, 11) is 0. The van der Waals surface area contributed by atoms with Crippen LogP contribution in [-0.4, -0.2) is 22.2 Å². The van der Waals surface area contributed by atoms with Crippen LogP contribution in [0.3, 0.4) is 0 Å². The zero-order valence-corrected chi connectivity index (χ0v) is 12.9. The molecular weight excluding hydrogens is 297 g/mol. The smallest absolute Gasteiger partial charge is 0.254 e. The molecule has 0 aromatic heterocycles. The van der Waals surface area contributed by atoms with Crippen LogP contribution >= 0.6 is 0 Å². The van der Waals surface area contributed by atoms with Gasteiger partial charge in [-0.15, -0.1) is 0 Å². The number of aliphatic hydroxyl groups is 1. The molecule has 0 aliphatic rings. The highest BCUT2D eigenvalue weighted by molar-refractivity contribution is 5.94. The molecule has 122 valence electrons. The van der Waals surface area contributed by atoms with Crippen molar-refractivity contribution in [3.63, 3.8) is 0 Å². The first kappa shape index (κ1) is 17.0. The van der Waals surface area contributed by atoms with Gasteiger partial charge in [0.1, 0.15) is 11.6 Å². The first-order chi connectivity index (χ1) is 11.0. The number of aromatic hydroxyl groups is 1. The maximum absolute atomic E-state index is 13.8. The van der Waals surface area contributed by atoms with Crippen molar-refractivity contribution < 1.29 is 19.4 Å². The fourth-order valence-electron chi connectivity index (χ4n) is 2.44. The van der Waals surface area contributed by atoms with Gasteiger partial charge in [-0.05, 0) is 24.1 Å². The highest BCUT2D eigenvalue weighted by Crippen LogP contribution is 2.21. The molecule has 2 aromatic rings. The molecule has 2 aromatic carbocycles. The van der Waals surface area contributed by atoms with Gasteiger partial charge >= 0.3 is 0 Å². The van der Waals surface area contributed by atoms with Gasteiger partial charge in [0.15, 0.2) is 0 Å². The third-order valence-electron chi connectivity index (χ3n) is 3.64. The minimum absolute atomic E-state index is 0.163. The Hall–Kier alpha value is -2.40. The lowest BCUT2D eigenvalue weighted by Crippen LogP contribution is -2.39. The quantitative estimate of drug-likeness (QED) is 0.766. The number of carbonyl (C=O) groups is 1. The molecular formula is C18H20FNO3. The number of hydrogen-bond donors (Lipinski definition) is 3. The van der Waals surface area contributed by atoms with Crippen LogP contribution in [-0.2, 0) is 0 Å². The van der Waals surface area contributed by atoms with E-state index in [4.69, 9.17) is 0 Å². The number of halogens is 1. The molecule has 2 atom stereocenters. The summed E-state index contributed by atoms with van der Waals surface area (Å²) in [6.45, 7) is 1.94. The van der Waals surface area contributed by atoms with Crippen molar-refractivity contribution in [3.05, 3.63) is 65.5 Å². The topological polar surface area (TPSA) is 69.6 Å². The lowest BCUT2D eigenvalue weighted by Gasteiger charge is -2.24. The minimum atomic E-state index is -0.875. The van der Waals surface area contributed by atoms with Gasteiger partial charge in [-0.2, -0.15) is 0 Å². The number of amides is 1. The summed E-state index contributed by atoms with van der Waals surface area (Å²) in [6, 6.07) is 11.8. The van der Waals surface area contributed by atoms with Gasteiger partial charge in [-0.1, -0.05) is 43.7 Å². The number of benzene rings is 2. The van der Waals surface area contributed by atoms with Crippen LogP contribution in [0.5, 0.6) is 5.75 Å². The molecule has 0 saturated carbocycles. The van der Waals surface area contributed by atoms with Crippen LogP contribution in [0.2, 0.25) is 0 Å². The number of carbonyl (C=O) groups excluding carboxylic acids is 1. The Morgan fingerprint density at radius 1 is 1.22 bits per heavy atom. The van der Waals surface area contributed by atoms with E-state index in [0.717, 1.165) is 12.5 Å². The number of hydrogen-bond acceptors (Lipinski definition) is 3. The van der Waals surface area contributed by atoms with E-state index in [1.807, 2.05) is 25.1 Å². The number of phenolic OH excluding ortho intramolecular Hbond substituents is 1. The SMILES string of the molecule is CCC[C@@H](NC(=O)c1ccc(O)cc1F)[C@@H](O)c1ccccc1. The molecule has 23 heavy (non-hydrogen) atoms. The molecule has 0 spiro atoms. The van der Waals surface area contributed by atoms with Crippen molar-refractivity contribution >= 4 is 5.91 Å². The highest BCUT2D eigenvalue weighted by Gasteiger charge is 2.23. The molecule has 4 nitrogen and oxygen atoms in total. The first-order valence-electron chi connectivity index (χ1n) is 7.55. The van der Waals surface area contributed by atoms with E-state index in [0.29, 0.717) is 12.0 Å². The zero-order valence-electron chi connectivity index (χ0n) is 12.9. The van der Waals surface area contributed by atoms with Crippen molar-refractivity contribution in [2.45, 2.75) is 31.9 Å². The summed E-state index contributed by atoms with van der Waals surface area (Å²) in [5, 5.41) is 22.4. The monoisotopic (exact) mass is 317 g/mol. The molecule has 5 heteroatoms. The van der Waals surface area contributed by atoms with Crippen LogP contribution in [0.1, 0.15) is 41.8 Å². The number of aliphatic hydroxyl groups excluding tert-OH is 1. The van der Waals surface area contributed by atoms with E-state index < -0.39 is 23.9 Å². The lowest BCUT2D eigenvalue weighted by atomic mass is 9.98. The summed E-state index contributed by atoms with van der Waals surface area (Å²) in [6.07, 6.45) is 0.439. The molecule has 0 saturated heterocycles. The van der Waals surface area contributed by atoms with Crippen molar-refractivity contribution in [2.24, 2.45) is 0 Å². The average Bonchev–Trinajstić information content (AvgIpc) is 2.54. The van der Waals surface area contributed by atoms with E-state index in [-0.39, 0.29) is 11.3 Å². The second-order valence-corrected chi connectivity index (χ2v) is 5.39. The summed E-state index contributed by atoms with van der Waals surface area (Å²) in [4.78, 5) is 12.3. The van der Waals surface area contributed by atoms with Crippen LogP contribution < -0.4 is 5.32 Å². The third kappa shape index (κ3) is 4.29. The molecule has 0 fully saturated rings. The fourth-order valence-corrected chi connectivity index (χ4v) is 2.44. The Labute approximate surface area is 134 Å². The Kier molecular flexibility index (Phi) is 5.71. The Balaban J connectivity index is 2.17. The van der Waals surface area contributed by atoms with E-state index in [2.05, 4.69) is 5.32 Å². The van der Waals surface area contributed by atoms with Gasteiger partial charge in [0.25, 0.3) is 5.91 Å². The molecule has 2 rings (SSSR count). The van der Waals surface area contributed by atoms with Crippen molar-refractivity contribution in [1.29, 1.82) is 0 Å². The maximum Gasteiger partial charge on any atom is 0.254 e. The lowest BCUT2D eigenvalue weighted by molar-refractivity contribution is 0.0816. The molecule has 1 amide bonds. The number of rotatable bonds is 6. The average molecular weight is 317 g/mol. The first-order valence-corrected chi connectivity index (χ1v) is 7.55. The predicted molar refractivity (Wildman–Crippen MR) is 85.6 cm³/mol. The molecule has 0 heterocycles. The van der Waals surface area contributed by atoms with Gasteiger partial charge in [0.2, 0.25) is 0 Å². The predicted octanol–water partition coefficient (Wildman–Crippen LogP) is 3.16. The standard InChI is InChI=1S/C18H20FNO3/c1-2-6-16(17(22)12-7-4-3-5-8-12)20-18(23)14-10-9-13(21)11-15(14)19/h3-5,7-11,16-17,21-22H,2,6H2,1H3,(H,20,23)/t16-,17+/m1/s1. The van der Waals surface area contributed by atoms with Gasteiger partial charge in [-0.3, -0.25) is 4.79 Å². The van der Waals surface area contributed by atoms with E-state index in [9.17, 15) is 19.4 Å². The van der Waals surface area contributed by atoms with Crippen molar-refractivity contribution in [2.75, 3.05) is 0 Å². The Bertz CT molecular complexity index is 661. The van der Waals surface area contributed by atoms with Gasteiger partial charge in [0.05, 0.1) is 17.7 Å². The largest absolute Gasteiger partial charge is 0.508 e.